The Morgan fingerprint density at radius 3 is 2.56 bits per heavy atom. The van der Waals surface area contributed by atoms with Gasteiger partial charge in [-0.15, -0.1) is 0 Å². The summed E-state index contributed by atoms with van der Waals surface area (Å²) < 4.78 is 4.79. The van der Waals surface area contributed by atoms with Crippen molar-refractivity contribution in [2.45, 2.75) is 52.1 Å². The van der Waals surface area contributed by atoms with E-state index in [0.29, 0.717) is 23.2 Å². The second-order valence-corrected chi connectivity index (χ2v) is 9.15. The molecule has 0 bridgehead atoms. The fourth-order valence-electron chi connectivity index (χ4n) is 4.57. The van der Waals surface area contributed by atoms with Crippen molar-refractivity contribution in [1.29, 1.82) is 0 Å². The first kappa shape index (κ1) is 24.3. The molecule has 0 aromatic heterocycles. The van der Waals surface area contributed by atoms with Crippen LogP contribution in [0.1, 0.15) is 43.7 Å². The average Bonchev–Trinajstić information content (AvgIpc) is 3.30. The number of rotatable bonds is 6. The van der Waals surface area contributed by atoms with E-state index in [2.05, 4.69) is 27.4 Å². The van der Waals surface area contributed by atoms with Gasteiger partial charge in [0.15, 0.2) is 6.61 Å². The average molecular weight is 465 g/mol. The lowest BCUT2D eigenvalue weighted by molar-refractivity contribution is -0.140. The quantitative estimate of drug-likeness (QED) is 0.674. The molecule has 1 aromatic carbocycles. The zero-order valence-corrected chi connectivity index (χ0v) is 19.8. The van der Waals surface area contributed by atoms with Crippen molar-refractivity contribution in [3.8, 4) is 0 Å². The van der Waals surface area contributed by atoms with Crippen LogP contribution in [-0.4, -0.2) is 67.0 Å². The molecule has 3 rings (SSSR count). The van der Waals surface area contributed by atoms with Gasteiger partial charge >= 0.3 is 6.09 Å². The molecule has 0 radical (unpaired) electrons. The van der Waals surface area contributed by atoms with E-state index < -0.39 is 12.0 Å². The number of hydrogen-bond donors (Lipinski definition) is 2. The second kappa shape index (κ2) is 11.0. The molecule has 2 fully saturated rings. The minimum Gasteiger partial charge on any atom is -0.439 e. The number of piperazine rings is 1. The van der Waals surface area contributed by atoms with Crippen molar-refractivity contribution in [2.24, 2.45) is 5.92 Å². The van der Waals surface area contributed by atoms with Crippen LogP contribution in [-0.2, 0) is 20.9 Å². The number of ether oxygens (including phenoxy) is 1. The van der Waals surface area contributed by atoms with Gasteiger partial charge in [0.2, 0.25) is 5.91 Å². The summed E-state index contributed by atoms with van der Waals surface area (Å²) in [4.78, 5) is 40.5. The van der Waals surface area contributed by atoms with E-state index in [1.165, 1.54) is 7.05 Å². The molecule has 1 aliphatic carbocycles. The number of carbonyl (C=O) groups is 3. The summed E-state index contributed by atoms with van der Waals surface area (Å²) in [6.07, 6.45) is 3.71. The zero-order valence-electron chi connectivity index (χ0n) is 19.1. The zero-order chi connectivity index (χ0) is 23.3. The Morgan fingerprint density at radius 2 is 1.91 bits per heavy atom. The van der Waals surface area contributed by atoms with Gasteiger partial charge in [0.25, 0.3) is 5.91 Å². The first-order chi connectivity index (χ1) is 15.3. The van der Waals surface area contributed by atoms with Gasteiger partial charge in [-0.2, -0.15) is 0 Å². The fourth-order valence-corrected chi connectivity index (χ4v) is 4.81. The van der Waals surface area contributed by atoms with E-state index in [4.69, 9.17) is 16.3 Å². The molecule has 1 aromatic rings. The number of amides is 3. The van der Waals surface area contributed by atoms with Crippen LogP contribution < -0.4 is 10.6 Å². The van der Waals surface area contributed by atoms with Gasteiger partial charge in [0.05, 0.1) is 0 Å². The maximum Gasteiger partial charge on any atom is 0.407 e. The summed E-state index contributed by atoms with van der Waals surface area (Å²) in [5.41, 5.74) is 2.53. The predicted octanol–water partition coefficient (Wildman–Crippen LogP) is 3.17. The Kier molecular flexibility index (Phi) is 8.37. The van der Waals surface area contributed by atoms with E-state index in [1.807, 2.05) is 13.0 Å². The van der Waals surface area contributed by atoms with Gasteiger partial charge in [-0.3, -0.25) is 14.5 Å². The highest BCUT2D eigenvalue weighted by Crippen LogP contribution is 2.29. The fraction of sp³-hybridized carbons (Fsp3) is 0.609. The standard InChI is InChI=1S/C23H33ClN4O4/c1-15-12-27(8-9-28(15)22(30)17-6-4-5-7-17)13-18-10-19(24)11-20(16(18)2)26-21(29)14-32-23(31)25-3/h10-11,15,17H,4-9,12-14H2,1-3H3,(H,25,31)(H,26,29). The minimum atomic E-state index is -0.664. The Labute approximate surface area is 194 Å². The van der Waals surface area contributed by atoms with Crippen LogP contribution in [0.25, 0.3) is 0 Å². The van der Waals surface area contributed by atoms with Crippen LogP contribution >= 0.6 is 11.6 Å². The Balaban J connectivity index is 1.60. The maximum absolute atomic E-state index is 12.9. The lowest BCUT2D eigenvalue weighted by Crippen LogP contribution is -2.54. The highest BCUT2D eigenvalue weighted by atomic mass is 35.5. The summed E-state index contributed by atoms with van der Waals surface area (Å²) in [7, 11) is 1.43. The lowest BCUT2D eigenvalue weighted by atomic mass is 10.0. The summed E-state index contributed by atoms with van der Waals surface area (Å²) in [5, 5.41) is 5.59. The molecule has 1 unspecified atom stereocenters. The Bertz CT molecular complexity index is 857. The molecule has 0 spiro atoms. The summed E-state index contributed by atoms with van der Waals surface area (Å²) in [5.74, 6) is 0.0906. The van der Waals surface area contributed by atoms with Gasteiger partial charge in [0.1, 0.15) is 0 Å². The molecule has 3 amide bonds. The van der Waals surface area contributed by atoms with Crippen LogP contribution in [0, 0.1) is 12.8 Å². The highest BCUT2D eigenvalue weighted by molar-refractivity contribution is 6.31. The van der Waals surface area contributed by atoms with Crippen LogP contribution in [0.3, 0.4) is 0 Å². The number of benzene rings is 1. The molecular weight excluding hydrogens is 432 g/mol. The van der Waals surface area contributed by atoms with E-state index in [0.717, 1.165) is 56.4 Å². The van der Waals surface area contributed by atoms with Crippen LogP contribution in [0.2, 0.25) is 5.02 Å². The third-order valence-electron chi connectivity index (χ3n) is 6.39. The first-order valence-corrected chi connectivity index (χ1v) is 11.6. The SMILES string of the molecule is CNC(=O)OCC(=O)Nc1cc(Cl)cc(CN2CCN(C(=O)C3CCCC3)C(C)C2)c1C. The molecule has 1 heterocycles. The summed E-state index contributed by atoms with van der Waals surface area (Å²) in [6.45, 7) is 6.68. The van der Waals surface area contributed by atoms with E-state index in [1.54, 1.807) is 6.07 Å². The molecular formula is C23H33ClN4O4. The van der Waals surface area contributed by atoms with Crippen molar-refractivity contribution in [3.63, 3.8) is 0 Å². The van der Waals surface area contributed by atoms with Crippen LogP contribution in [0.15, 0.2) is 12.1 Å². The molecule has 2 N–H and O–H groups in total. The number of carbonyl (C=O) groups excluding carboxylic acids is 3. The lowest BCUT2D eigenvalue weighted by Gasteiger charge is -2.41. The molecule has 1 atom stereocenters. The normalized spacial score (nSPS) is 19.6. The first-order valence-electron chi connectivity index (χ1n) is 11.2. The number of alkyl carbamates (subject to hydrolysis) is 1. The number of anilines is 1. The van der Waals surface area contributed by atoms with E-state index in [-0.39, 0.29) is 18.6 Å². The predicted molar refractivity (Wildman–Crippen MR) is 124 cm³/mol. The van der Waals surface area contributed by atoms with Crippen molar-refractivity contribution in [3.05, 3.63) is 28.3 Å². The van der Waals surface area contributed by atoms with Gasteiger partial charge in [0, 0.05) is 55.9 Å². The van der Waals surface area contributed by atoms with Crippen LogP contribution in [0.4, 0.5) is 10.5 Å². The maximum atomic E-state index is 12.9. The molecule has 176 valence electrons. The Morgan fingerprint density at radius 1 is 1.19 bits per heavy atom. The molecule has 2 aliphatic rings. The largest absolute Gasteiger partial charge is 0.439 e. The molecule has 1 aliphatic heterocycles. The van der Waals surface area contributed by atoms with Crippen molar-refractivity contribution >= 4 is 35.2 Å². The van der Waals surface area contributed by atoms with Gasteiger partial charge in [-0.05, 0) is 49.9 Å². The number of nitrogens with zero attached hydrogens (tertiary/aromatic N) is 2. The summed E-state index contributed by atoms with van der Waals surface area (Å²) in [6, 6.07) is 3.77. The summed E-state index contributed by atoms with van der Waals surface area (Å²) >= 11 is 6.32. The second-order valence-electron chi connectivity index (χ2n) is 8.71. The van der Waals surface area contributed by atoms with Gasteiger partial charge in [-0.25, -0.2) is 4.79 Å². The molecule has 1 saturated carbocycles. The number of hydrogen-bond acceptors (Lipinski definition) is 5. The third kappa shape index (κ3) is 6.13. The highest BCUT2D eigenvalue weighted by Gasteiger charge is 2.33. The van der Waals surface area contributed by atoms with E-state index >= 15 is 0 Å². The smallest absolute Gasteiger partial charge is 0.407 e. The molecule has 8 nitrogen and oxygen atoms in total. The van der Waals surface area contributed by atoms with Crippen LogP contribution in [0.5, 0.6) is 0 Å². The molecule has 32 heavy (non-hydrogen) atoms. The monoisotopic (exact) mass is 464 g/mol. The minimum absolute atomic E-state index is 0.164. The Hall–Kier alpha value is -2.32. The molecule has 9 heteroatoms. The van der Waals surface area contributed by atoms with Gasteiger partial charge < -0.3 is 20.3 Å². The van der Waals surface area contributed by atoms with Crippen molar-refractivity contribution in [1.82, 2.24) is 15.1 Å². The number of halogens is 1. The van der Waals surface area contributed by atoms with Gasteiger partial charge in [-0.1, -0.05) is 24.4 Å². The third-order valence-corrected chi connectivity index (χ3v) is 6.60. The topological polar surface area (TPSA) is 91.0 Å². The number of nitrogens with one attached hydrogen (secondary N) is 2. The molecule has 1 saturated heterocycles. The van der Waals surface area contributed by atoms with Crippen molar-refractivity contribution in [2.75, 3.05) is 38.6 Å². The van der Waals surface area contributed by atoms with E-state index in [9.17, 15) is 14.4 Å². The van der Waals surface area contributed by atoms with Crippen molar-refractivity contribution < 1.29 is 19.1 Å².